The van der Waals surface area contributed by atoms with E-state index in [2.05, 4.69) is 13.8 Å². The number of hydrogen-bond donors (Lipinski definition) is 0. The van der Waals surface area contributed by atoms with Gasteiger partial charge in [-0.3, -0.25) is 10.1 Å². The Morgan fingerprint density at radius 2 is 2.12 bits per heavy atom. The van der Waals surface area contributed by atoms with Gasteiger partial charge in [0.1, 0.15) is 0 Å². The second-order valence-corrected chi connectivity index (χ2v) is 4.95. The van der Waals surface area contributed by atoms with Gasteiger partial charge < -0.3 is 0 Å². The Labute approximate surface area is 95.6 Å². The topological polar surface area (TPSA) is 43.1 Å². The molecule has 0 aromatic heterocycles. The first-order valence-corrected chi connectivity index (χ1v) is 5.85. The van der Waals surface area contributed by atoms with Crippen LogP contribution >= 0.6 is 0 Å². The fourth-order valence-electron chi connectivity index (χ4n) is 1.92. The molecule has 3 nitrogen and oxygen atoms in total. The standard InChI is InChI=1S/C13H17NO2/c1-9(2)11-5-6-12(7-10-3-4-10)13(8-11)14(15)16/h5-6,8-10H,3-4,7H2,1-2H3. The molecule has 0 aliphatic heterocycles. The first-order chi connectivity index (χ1) is 7.58. The van der Waals surface area contributed by atoms with Crippen LogP contribution in [0.25, 0.3) is 0 Å². The molecule has 2 rings (SSSR count). The van der Waals surface area contributed by atoms with E-state index >= 15 is 0 Å². The number of hydrogen-bond acceptors (Lipinski definition) is 2. The summed E-state index contributed by atoms with van der Waals surface area (Å²) < 4.78 is 0. The van der Waals surface area contributed by atoms with Gasteiger partial charge in [-0.25, -0.2) is 0 Å². The van der Waals surface area contributed by atoms with Gasteiger partial charge in [0, 0.05) is 11.6 Å². The molecule has 0 unspecified atom stereocenters. The van der Waals surface area contributed by atoms with Crippen molar-refractivity contribution in [3.63, 3.8) is 0 Å². The molecule has 0 atom stereocenters. The van der Waals surface area contributed by atoms with Crippen LogP contribution in [0.3, 0.4) is 0 Å². The Balaban J connectivity index is 2.32. The van der Waals surface area contributed by atoms with Crippen LogP contribution in [0.1, 0.15) is 43.7 Å². The summed E-state index contributed by atoms with van der Waals surface area (Å²) in [6.07, 6.45) is 3.32. The molecule has 0 spiro atoms. The van der Waals surface area contributed by atoms with Crippen molar-refractivity contribution in [2.45, 2.75) is 39.0 Å². The van der Waals surface area contributed by atoms with Crippen molar-refractivity contribution in [1.29, 1.82) is 0 Å². The third kappa shape index (κ3) is 2.40. The maximum Gasteiger partial charge on any atom is 0.272 e. The first-order valence-electron chi connectivity index (χ1n) is 5.85. The molecule has 86 valence electrons. The van der Waals surface area contributed by atoms with Crippen LogP contribution in [0.4, 0.5) is 5.69 Å². The van der Waals surface area contributed by atoms with E-state index in [1.807, 2.05) is 12.1 Å². The Morgan fingerprint density at radius 1 is 1.44 bits per heavy atom. The zero-order valence-corrected chi connectivity index (χ0v) is 9.77. The van der Waals surface area contributed by atoms with E-state index in [-0.39, 0.29) is 4.92 Å². The molecular weight excluding hydrogens is 202 g/mol. The molecule has 0 heterocycles. The maximum absolute atomic E-state index is 11.0. The number of nitrogens with zero attached hydrogens (tertiary/aromatic N) is 1. The molecule has 1 aliphatic carbocycles. The van der Waals surface area contributed by atoms with Gasteiger partial charge in [-0.2, -0.15) is 0 Å². The van der Waals surface area contributed by atoms with Gasteiger partial charge >= 0.3 is 0 Å². The van der Waals surface area contributed by atoms with E-state index in [1.54, 1.807) is 6.07 Å². The van der Waals surface area contributed by atoms with Crippen LogP contribution in [0.5, 0.6) is 0 Å². The zero-order valence-electron chi connectivity index (χ0n) is 9.77. The predicted molar refractivity (Wildman–Crippen MR) is 63.6 cm³/mol. The predicted octanol–water partition coefficient (Wildman–Crippen LogP) is 3.67. The Morgan fingerprint density at radius 3 is 2.62 bits per heavy atom. The minimum absolute atomic E-state index is 0.246. The lowest BCUT2D eigenvalue weighted by atomic mass is 9.98. The number of nitro benzene ring substituents is 1. The number of nitro groups is 1. The normalized spacial score (nSPS) is 15.4. The average Bonchev–Trinajstić information content (AvgIpc) is 3.01. The molecule has 3 heteroatoms. The largest absolute Gasteiger partial charge is 0.272 e. The van der Waals surface area contributed by atoms with Crippen molar-refractivity contribution in [2.24, 2.45) is 5.92 Å². The molecule has 1 aromatic carbocycles. The van der Waals surface area contributed by atoms with Crippen LogP contribution < -0.4 is 0 Å². The molecule has 1 fully saturated rings. The van der Waals surface area contributed by atoms with Crippen LogP contribution in [0.15, 0.2) is 18.2 Å². The van der Waals surface area contributed by atoms with E-state index < -0.39 is 0 Å². The minimum Gasteiger partial charge on any atom is -0.258 e. The van der Waals surface area contributed by atoms with E-state index in [9.17, 15) is 10.1 Å². The molecule has 0 radical (unpaired) electrons. The summed E-state index contributed by atoms with van der Waals surface area (Å²) in [7, 11) is 0. The van der Waals surface area contributed by atoms with Crippen LogP contribution in [0.2, 0.25) is 0 Å². The van der Waals surface area contributed by atoms with Crippen molar-refractivity contribution in [3.8, 4) is 0 Å². The van der Waals surface area contributed by atoms with Crippen molar-refractivity contribution >= 4 is 5.69 Å². The summed E-state index contributed by atoms with van der Waals surface area (Å²) in [6, 6.07) is 5.70. The van der Waals surface area contributed by atoms with Crippen LogP contribution in [0, 0.1) is 16.0 Å². The second-order valence-electron chi connectivity index (χ2n) is 4.95. The van der Waals surface area contributed by atoms with Crippen molar-refractivity contribution < 1.29 is 4.92 Å². The van der Waals surface area contributed by atoms with E-state index in [0.29, 0.717) is 17.5 Å². The van der Waals surface area contributed by atoms with Gasteiger partial charge in [-0.15, -0.1) is 0 Å². The van der Waals surface area contributed by atoms with E-state index in [1.165, 1.54) is 12.8 Å². The van der Waals surface area contributed by atoms with Crippen LogP contribution in [-0.2, 0) is 6.42 Å². The smallest absolute Gasteiger partial charge is 0.258 e. The zero-order chi connectivity index (χ0) is 11.7. The molecule has 1 saturated carbocycles. The summed E-state index contributed by atoms with van der Waals surface area (Å²) in [5.41, 5.74) is 2.25. The molecule has 0 bridgehead atoms. The van der Waals surface area contributed by atoms with Gasteiger partial charge in [0.05, 0.1) is 4.92 Å². The minimum atomic E-state index is -0.246. The molecule has 16 heavy (non-hydrogen) atoms. The lowest BCUT2D eigenvalue weighted by molar-refractivity contribution is -0.385. The first kappa shape index (κ1) is 11.1. The monoisotopic (exact) mass is 219 g/mol. The molecule has 0 N–H and O–H groups in total. The molecule has 0 saturated heterocycles. The summed E-state index contributed by atoms with van der Waals surface area (Å²) in [5, 5.41) is 11.0. The van der Waals surface area contributed by atoms with Crippen LogP contribution in [-0.4, -0.2) is 4.92 Å². The summed E-state index contributed by atoms with van der Waals surface area (Å²) in [5.74, 6) is 1.03. The third-order valence-corrected chi connectivity index (χ3v) is 3.18. The van der Waals surface area contributed by atoms with E-state index in [0.717, 1.165) is 17.5 Å². The van der Waals surface area contributed by atoms with Gasteiger partial charge in [-0.1, -0.05) is 26.0 Å². The number of benzene rings is 1. The number of rotatable bonds is 4. The Hall–Kier alpha value is -1.38. The molecule has 0 amide bonds. The quantitative estimate of drug-likeness (QED) is 0.572. The average molecular weight is 219 g/mol. The summed E-state index contributed by atoms with van der Waals surface area (Å²) in [6.45, 7) is 4.11. The lowest BCUT2D eigenvalue weighted by Gasteiger charge is -2.07. The van der Waals surface area contributed by atoms with Crippen molar-refractivity contribution in [2.75, 3.05) is 0 Å². The molecule has 1 aliphatic rings. The maximum atomic E-state index is 11.0. The second kappa shape index (κ2) is 4.24. The lowest BCUT2D eigenvalue weighted by Crippen LogP contribution is -1.99. The fraction of sp³-hybridized carbons (Fsp3) is 0.538. The Bertz CT molecular complexity index is 408. The Kier molecular flexibility index (Phi) is 2.95. The van der Waals surface area contributed by atoms with Gasteiger partial charge in [0.2, 0.25) is 0 Å². The molecule has 1 aromatic rings. The van der Waals surface area contributed by atoms with E-state index in [4.69, 9.17) is 0 Å². The fourth-order valence-corrected chi connectivity index (χ4v) is 1.92. The highest BCUT2D eigenvalue weighted by Crippen LogP contribution is 2.36. The van der Waals surface area contributed by atoms with Gasteiger partial charge in [-0.05, 0) is 36.7 Å². The van der Waals surface area contributed by atoms with Crippen molar-refractivity contribution in [1.82, 2.24) is 0 Å². The van der Waals surface area contributed by atoms with Gasteiger partial charge in [0.15, 0.2) is 0 Å². The van der Waals surface area contributed by atoms with Crippen molar-refractivity contribution in [3.05, 3.63) is 39.4 Å². The third-order valence-electron chi connectivity index (χ3n) is 3.18. The molecular formula is C13H17NO2. The highest BCUT2D eigenvalue weighted by molar-refractivity contribution is 5.44. The highest BCUT2D eigenvalue weighted by atomic mass is 16.6. The summed E-state index contributed by atoms with van der Waals surface area (Å²) in [4.78, 5) is 10.8. The summed E-state index contributed by atoms with van der Waals surface area (Å²) >= 11 is 0. The highest BCUT2D eigenvalue weighted by Gasteiger charge is 2.25. The van der Waals surface area contributed by atoms with Gasteiger partial charge in [0.25, 0.3) is 5.69 Å². The SMILES string of the molecule is CC(C)c1ccc(CC2CC2)c([N+](=O)[O-])c1.